The van der Waals surface area contributed by atoms with Crippen molar-refractivity contribution in [1.82, 2.24) is 4.31 Å². The second-order valence-corrected chi connectivity index (χ2v) is 8.18. The van der Waals surface area contributed by atoms with Gasteiger partial charge in [-0.2, -0.15) is 4.31 Å². The van der Waals surface area contributed by atoms with Gasteiger partial charge in [-0.05, 0) is 37.5 Å². The second kappa shape index (κ2) is 7.03. The first-order chi connectivity index (χ1) is 11.5. The van der Waals surface area contributed by atoms with Crippen molar-refractivity contribution in [3.63, 3.8) is 0 Å². The maximum atomic E-state index is 14.1. The van der Waals surface area contributed by atoms with E-state index in [2.05, 4.69) is 0 Å². The normalized spacial score (nSPS) is 19.8. The Bertz CT molecular complexity index is 802. The van der Waals surface area contributed by atoms with Crippen LogP contribution < -0.4 is 0 Å². The lowest BCUT2D eigenvalue weighted by molar-refractivity contribution is 0.327. The molecule has 128 valence electrons. The van der Waals surface area contributed by atoms with Crippen molar-refractivity contribution in [3.05, 3.63) is 65.5 Å². The highest BCUT2D eigenvalue weighted by molar-refractivity contribution is 7.89. The van der Waals surface area contributed by atoms with Crippen molar-refractivity contribution in [2.24, 2.45) is 0 Å². The zero-order valence-corrected chi connectivity index (χ0v) is 14.6. The number of nitrogens with zero attached hydrogens (tertiary/aromatic N) is 1. The van der Waals surface area contributed by atoms with Gasteiger partial charge in [0.1, 0.15) is 10.7 Å². The SMILES string of the molecule is Cc1ccc([C@@H]2CCCCCN2S(=O)(=O)c2ccccc2F)cc1. The lowest BCUT2D eigenvalue weighted by atomic mass is 10.0. The molecule has 2 aromatic rings. The van der Waals surface area contributed by atoms with Crippen LogP contribution in [-0.4, -0.2) is 19.3 Å². The van der Waals surface area contributed by atoms with Crippen LogP contribution in [-0.2, 0) is 10.0 Å². The van der Waals surface area contributed by atoms with Crippen molar-refractivity contribution in [2.45, 2.75) is 43.5 Å². The first kappa shape index (κ1) is 17.1. The molecule has 0 radical (unpaired) electrons. The monoisotopic (exact) mass is 347 g/mol. The molecule has 0 N–H and O–H groups in total. The van der Waals surface area contributed by atoms with E-state index in [1.54, 1.807) is 6.07 Å². The summed E-state index contributed by atoms with van der Waals surface area (Å²) in [4.78, 5) is -0.232. The van der Waals surface area contributed by atoms with Crippen molar-refractivity contribution >= 4 is 10.0 Å². The zero-order chi connectivity index (χ0) is 17.2. The molecule has 2 aromatic carbocycles. The number of hydrogen-bond donors (Lipinski definition) is 0. The summed E-state index contributed by atoms with van der Waals surface area (Å²) in [6.07, 6.45) is 3.53. The molecule has 5 heteroatoms. The third kappa shape index (κ3) is 3.37. The van der Waals surface area contributed by atoms with Gasteiger partial charge >= 0.3 is 0 Å². The maximum absolute atomic E-state index is 14.1. The average Bonchev–Trinajstić information content (AvgIpc) is 2.82. The molecule has 3 nitrogen and oxygen atoms in total. The molecule has 1 aliphatic rings. The predicted octanol–water partition coefficient (Wildman–Crippen LogP) is 4.44. The van der Waals surface area contributed by atoms with E-state index in [0.29, 0.717) is 6.54 Å². The summed E-state index contributed by atoms with van der Waals surface area (Å²) in [5.74, 6) is -0.690. The zero-order valence-electron chi connectivity index (χ0n) is 13.8. The van der Waals surface area contributed by atoms with Gasteiger partial charge < -0.3 is 0 Å². The highest BCUT2D eigenvalue weighted by atomic mass is 32.2. The topological polar surface area (TPSA) is 37.4 Å². The molecule has 0 bridgehead atoms. The second-order valence-electron chi connectivity index (χ2n) is 6.32. The van der Waals surface area contributed by atoms with Crippen LogP contribution in [0.4, 0.5) is 4.39 Å². The molecule has 0 aromatic heterocycles. The summed E-state index contributed by atoms with van der Waals surface area (Å²) in [6, 6.07) is 13.3. The summed E-state index contributed by atoms with van der Waals surface area (Å²) < 4.78 is 41.8. The number of hydrogen-bond acceptors (Lipinski definition) is 2. The summed E-state index contributed by atoms with van der Waals surface area (Å²) in [5.41, 5.74) is 2.11. The number of rotatable bonds is 3. The highest BCUT2D eigenvalue weighted by Crippen LogP contribution is 2.35. The molecule has 0 aliphatic carbocycles. The standard InChI is InChI=1S/C19H22FNO2S/c1-15-10-12-16(13-11-15)18-8-3-2-6-14-21(18)24(22,23)19-9-5-4-7-17(19)20/h4-5,7,9-13,18H,2-3,6,8,14H2,1H3/t18-/m0/s1. The van der Waals surface area contributed by atoms with E-state index in [1.807, 2.05) is 31.2 Å². The minimum Gasteiger partial charge on any atom is -0.207 e. The van der Waals surface area contributed by atoms with Gasteiger partial charge in [0.15, 0.2) is 0 Å². The smallest absolute Gasteiger partial charge is 0.207 e. The Balaban J connectivity index is 2.04. The summed E-state index contributed by atoms with van der Waals surface area (Å²) >= 11 is 0. The van der Waals surface area contributed by atoms with Crippen molar-refractivity contribution in [2.75, 3.05) is 6.54 Å². The lowest BCUT2D eigenvalue weighted by Crippen LogP contribution is -2.35. The van der Waals surface area contributed by atoms with Crippen LogP contribution in [0.25, 0.3) is 0 Å². The molecule has 1 atom stereocenters. The van der Waals surface area contributed by atoms with Gasteiger partial charge in [0, 0.05) is 6.54 Å². The van der Waals surface area contributed by atoms with E-state index in [1.165, 1.54) is 22.5 Å². The summed E-state index contributed by atoms with van der Waals surface area (Å²) in [7, 11) is -3.87. The number of aryl methyl sites for hydroxylation is 1. The first-order valence-corrected chi connectivity index (χ1v) is 9.77. The molecule has 3 rings (SSSR count). The molecule has 0 saturated carbocycles. The summed E-state index contributed by atoms with van der Waals surface area (Å²) in [5, 5.41) is 0. The van der Waals surface area contributed by atoms with Crippen LogP contribution in [0.2, 0.25) is 0 Å². The van der Waals surface area contributed by atoms with Crippen LogP contribution in [0, 0.1) is 12.7 Å². The van der Waals surface area contributed by atoms with E-state index < -0.39 is 15.8 Å². The molecule has 1 heterocycles. The van der Waals surface area contributed by atoms with Crippen molar-refractivity contribution < 1.29 is 12.8 Å². The Morgan fingerprint density at radius 1 is 1.00 bits per heavy atom. The fourth-order valence-electron chi connectivity index (χ4n) is 3.27. The van der Waals surface area contributed by atoms with Crippen LogP contribution in [0.15, 0.2) is 53.4 Å². The van der Waals surface area contributed by atoms with E-state index in [9.17, 15) is 12.8 Å². The third-order valence-electron chi connectivity index (χ3n) is 4.59. The summed E-state index contributed by atoms with van der Waals surface area (Å²) in [6.45, 7) is 2.43. The van der Waals surface area contributed by atoms with Gasteiger partial charge in [0.25, 0.3) is 0 Å². The van der Waals surface area contributed by atoms with Gasteiger partial charge in [-0.1, -0.05) is 54.8 Å². The molecule has 1 fully saturated rings. The fourth-order valence-corrected chi connectivity index (χ4v) is 5.02. The largest absolute Gasteiger partial charge is 0.246 e. The third-order valence-corrected chi connectivity index (χ3v) is 6.53. The number of benzene rings is 2. The van der Waals surface area contributed by atoms with E-state index in [-0.39, 0.29) is 10.9 Å². The van der Waals surface area contributed by atoms with Crippen molar-refractivity contribution in [1.29, 1.82) is 0 Å². The maximum Gasteiger partial charge on any atom is 0.246 e. The van der Waals surface area contributed by atoms with Gasteiger partial charge in [0.05, 0.1) is 6.04 Å². The Morgan fingerprint density at radius 2 is 1.71 bits per heavy atom. The van der Waals surface area contributed by atoms with Crippen molar-refractivity contribution in [3.8, 4) is 0 Å². The molecular formula is C19H22FNO2S. The Kier molecular flexibility index (Phi) is 5.01. The molecular weight excluding hydrogens is 325 g/mol. The molecule has 1 saturated heterocycles. The molecule has 1 aliphatic heterocycles. The highest BCUT2D eigenvalue weighted by Gasteiger charge is 2.34. The molecule has 24 heavy (non-hydrogen) atoms. The quantitative estimate of drug-likeness (QED) is 0.823. The minimum atomic E-state index is -3.87. The predicted molar refractivity (Wildman–Crippen MR) is 92.7 cm³/mol. The van der Waals surface area contributed by atoms with Gasteiger partial charge in [-0.3, -0.25) is 0 Å². The van der Waals surface area contributed by atoms with E-state index in [4.69, 9.17) is 0 Å². The van der Waals surface area contributed by atoms with E-state index in [0.717, 1.165) is 36.8 Å². The average molecular weight is 347 g/mol. The van der Waals surface area contributed by atoms with Crippen LogP contribution in [0.1, 0.15) is 42.9 Å². The minimum absolute atomic E-state index is 0.232. The molecule has 0 spiro atoms. The number of sulfonamides is 1. The Morgan fingerprint density at radius 3 is 2.42 bits per heavy atom. The van der Waals surface area contributed by atoms with Crippen LogP contribution in [0.3, 0.4) is 0 Å². The lowest BCUT2D eigenvalue weighted by Gasteiger charge is -2.29. The molecule has 0 amide bonds. The van der Waals surface area contributed by atoms with Crippen LogP contribution in [0.5, 0.6) is 0 Å². The Labute approximate surface area is 143 Å². The fraction of sp³-hybridized carbons (Fsp3) is 0.368. The Hall–Kier alpha value is -1.72. The van der Waals surface area contributed by atoms with Gasteiger partial charge in [-0.25, -0.2) is 12.8 Å². The van der Waals surface area contributed by atoms with Gasteiger partial charge in [0.2, 0.25) is 10.0 Å². The van der Waals surface area contributed by atoms with Gasteiger partial charge in [-0.15, -0.1) is 0 Å². The molecule has 0 unspecified atom stereocenters. The van der Waals surface area contributed by atoms with Crippen LogP contribution >= 0.6 is 0 Å². The number of halogens is 1. The first-order valence-electron chi connectivity index (χ1n) is 8.33. The van der Waals surface area contributed by atoms with E-state index >= 15 is 0 Å².